The van der Waals surface area contributed by atoms with Gasteiger partial charge in [0.1, 0.15) is 15.9 Å². The fourth-order valence-corrected chi connectivity index (χ4v) is 2.73. The SMILES string of the molecule is O=C(O)c1cc(I)ccc1Oc1nc(Br)cs1. The van der Waals surface area contributed by atoms with Crippen molar-refractivity contribution in [2.24, 2.45) is 0 Å². The van der Waals surface area contributed by atoms with E-state index in [1.54, 1.807) is 23.6 Å². The highest BCUT2D eigenvalue weighted by molar-refractivity contribution is 14.1. The van der Waals surface area contributed by atoms with Gasteiger partial charge < -0.3 is 9.84 Å². The number of aromatic nitrogens is 1. The summed E-state index contributed by atoms with van der Waals surface area (Å²) in [5.74, 6) is -0.728. The van der Waals surface area contributed by atoms with Crippen molar-refractivity contribution >= 4 is 55.8 Å². The maximum absolute atomic E-state index is 11.1. The summed E-state index contributed by atoms with van der Waals surface area (Å²) < 4.78 is 6.95. The zero-order valence-electron chi connectivity index (χ0n) is 8.18. The second kappa shape index (κ2) is 5.32. The topological polar surface area (TPSA) is 59.4 Å². The standard InChI is InChI=1S/C10H5BrINO3S/c11-8-4-17-10(13-8)16-7-2-1-5(12)3-6(7)9(14)15/h1-4H,(H,14,15). The van der Waals surface area contributed by atoms with Gasteiger partial charge in [-0.05, 0) is 56.7 Å². The molecule has 0 saturated heterocycles. The Hall–Kier alpha value is -0.670. The van der Waals surface area contributed by atoms with Gasteiger partial charge in [-0.3, -0.25) is 0 Å². The maximum Gasteiger partial charge on any atom is 0.339 e. The van der Waals surface area contributed by atoms with Crippen LogP contribution in [0.25, 0.3) is 0 Å². The second-order valence-corrected chi connectivity index (χ2v) is 5.86. The molecule has 1 aromatic carbocycles. The first kappa shape index (κ1) is 12.8. The molecule has 0 atom stereocenters. The fraction of sp³-hybridized carbons (Fsp3) is 0. The molecule has 1 aromatic heterocycles. The van der Waals surface area contributed by atoms with Crippen LogP contribution >= 0.6 is 49.9 Å². The first-order valence-corrected chi connectivity index (χ1v) is 7.13. The van der Waals surface area contributed by atoms with Crippen molar-refractivity contribution in [1.29, 1.82) is 0 Å². The number of hydrogen-bond donors (Lipinski definition) is 1. The average molecular weight is 426 g/mol. The molecular formula is C10H5BrINO3S. The van der Waals surface area contributed by atoms with Gasteiger partial charge in [0.25, 0.3) is 5.19 Å². The first-order valence-electron chi connectivity index (χ1n) is 4.38. The van der Waals surface area contributed by atoms with Crippen LogP contribution in [0.15, 0.2) is 28.2 Å². The molecule has 0 bridgehead atoms. The van der Waals surface area contributed by atoms with Crippen molar-refractivity contribution in [3.63, 3.8) is 0 Å². The zero-order chi connectivity index (χ0) is 12.4. The number of ether oxygens (including phenoxy) is 1. The first-order chi connectivity index (χ1) is 8.06. The molecule has 88 valence electrons. The van der Waals surface area contributed by atoms with Crippen LogP contribution in [0.2, 0.25) is 0 Å². The summed E-state index contributed by atoms with van der Waals surface area (Å²) in [6, 6.07) is 4.96. The Balaban J connectivity index is 2.35. The van der Waals surface area contributed by atoms with E-state index in [0.29, 0.717) is 15.5 Å². The van der Waals surface area contributed by atoms with Crippen molar-refractivity contribution in [3.8, 4) is 10.9 Å². The molecule has 0 aliphatic heterocycles. The largest absolute Gasteiger partial charge is 0.478 e. The van der Waals surface area contributed by atoms with Crippen molar-refractivity contribution < 1.29 is 14.6 Å². The minimum absolute atomic E-state index is 0.128. The third-order valence-electron chi connectivity index (χ3n) is 1.82. The summed E-state index contributed by atoms with van der Waals surface area (Å²) in [6.07, 6.45) is 0. The van der Waals surface area contributed by atoms with E-state index in [2.05, 4.69) is 43.5 Å². The molecule has 0 aliphatic rings. The summed E-state index contributed by atoms with van der Waals surface area (Å²) in [5, 5.41) is 11.2. The van der Waals surface area contributed by atoms with Crippen LogP contribution in [0.5, 0.6) is 10.9 Å². The molecule has 0 amide bonds. The number of thiazole rings is 1. The molecule has 0 unspecified atom stereocenters. The van der Waals surface area contributed by atoms with E-state index < -0.39 is 5.97 Å². The summed E-state index contributed by atoms with van der Waals surface area (Å²) in [6.45, 7) is 0. The number of aromatic carboxylic acids is 1. The highest BCUT2D eigenvalue weighted by atomic mass is 127. The quantitative estimate of drug-likeness (QED) is 0.755. The van der Waals surface area contributed by atoms with Crippen molar-refractivity contribution in [2.45, 2.75) is 0 Å². The van der Waals surface area contributed by atoms with Gasteiger partial charge in [-0.1, -0.05) is 11.3 Å². The zero-order valence-corrected chi connectivity index (χ0v) is 12.7. The van der Waals surface area contributed by atoms with E-state index in [1.807, 2.05) is 0 Å². The summed E-state index contributed by atoms with van der Waals surface area (Å²) in [4.78, 5) is 15.1. The number of nitrogens with zero attached hydrogens (tertiary/aromatic N) is 1. The van der Waals surface area contributed by atoms with Crippen LogP contribution in [0.1, 0.15) is 10.4 Å². The van der Waals surface area contributed by atoms with Gasteiger partial charge in [0, 0.05) is 8.95 Å². The average Bonchev–Trinajstić information content (AvgIpc) is 2.66. The predicted octanol–water partition coefficient (Wildman–Crippen LogP) is 4.00. The van der Waals surface area contributed by atoms with Gasteiger partial charge in [0.2, 0.25) is 0 Å². The third kappa shape index (κ3) is 3.17. The van der Waals surface area contributed by atoms with Crippen molar-refractivity contribution in [3.05, 3.63) is 37.3 Å². The number of rotatable bonds is 3. The van der Waals surface area contributed by atoms with E-state index in [1.165, 1.54) is 11.3 Å². The van der Waals surface area contributed by atoms with Gasteiger partial charge in [0.05, 0.1) is 0 Å². The lowest BCUT2D eigenvalue weighted by Crippen LogP contribution is -2.00. The molecule has 2 aromatic rings. The highest BCUT2D eigenvalue weighted by Gasteiger charge is 2.13. The molecule has 4 nitrogen and oxygen atoms in total. The summed E-state index contributed by atoms with van der Waals surface area (Å²) in [7, 11) is 0. The highest BCUT2D eigenvalue weighted by Crippen LogP contribution is 2.30. The van der Waals surface area contributed by atoms with E-state index in [-0.39, 0.29) is 5.56 Å². The normalized spacial score (nSPS) is 10.2. The number of hydrogen-bond acceptors (Lipinski definition) is 4. The maximum atomic E-state index is 11.1. The molecule has 17 heavy (non-hydrogen) atoms. The molecule has 1 N–H and O–H groups in total. The molecule has 0 fully saturated rings. The lowest BCUT2D eigenvalue weighted by Gasteiger charge is -2.05. The number of halogens is 2. The Bertz CT molecular complexity index is 572. The Morgan fingerprint density at radius 1 is 1.53 bits per heavy atom. The van der Waals surface area contributed by atoms with Gasteiger partial charge in [0.15, 0.2) is 0 Å². The van der Waals surface area contributed by atoms with E-state index in [0.717, 1.165) is 3.57 Å². The van der Waals surface area contributed by atoms with Crippen LogP contribution in [-0.2, 0) is 0 Å². The fourth-order valence-electron chi connectivity index (χ4n) is 1.14. The summed E-state index contributed by atoms with van der Waals surface area (Å²) >= 11 is 6.55. The van der Waals surface area contributed by atoms with Crippen LogP contribution in [0.3, 0.4) is 0 Å². The van der Waals surface area contributed by atoms with Crippen LogP contribution < -0.4 is 4.74 Å². The molecule has 1 heterocycles. The second-order valence-electron chi connectivity index (χ2n) is 2.98. The van der Waals surface area contributed by atoms with Gasteiger partial charge >= 0.3 is 5.97 Å². The van der Waals surface area contributed by atoms with Gasteiger partial charge in [-0.15, -0.1) is 0 Å². The Labute approximate surface area is 123 Å². The van der Waals surface area contributed by atoms with Crippen LogP contribution in [0.4, 0.5) is 0 Å². The number of benzene rings is 1. The van der Waals surface area contributed by atoms with E-state index in [9.17, 15) is 4.79 Å². The molecule has 0 saturated carbocycles. The van der Waals surface area contributed by atoms with Crippen molar-refractivity contribution in [1.82, 2.24) is 4.98 Å². The Morgan fingerprint density at radius 2 is 2.29 bits per heavy atom. The predicted molar refractivity (Wildman–Crippen MR) is 76.0 cm³/mol. The Morgan fingerprint density at radius 3 is 2.88 bits per heavy atom. The van der Waals surface area contributed by atoms with Gasteiger partial charge in [-0.2, -0.15) is 4.98 Å². The number of carboxylic acids is 1. The molecule has 0 spiro atoms. The van der Waals surface area contributed by atoms with Crippen molar-refractivity contribution in [2.75, 3.05) is 0 Å². The minimum Gasteiger partial charge on any atom is -0.478 e. The Kier molecular flexibility index (Phi) is 4.00. The van der Waals surface area contributed by atoms with E-state index in [4.69, 9.17) is 9.84 Å². The number of carboxylic acid groups (broad SMARTS) is 1. The van der Waals surface area contributed by atoms with Crippen LogP contribution in [-0.4, -0.2) is 16.1 Å². The third-order valence-corrected chi connectivity index (χ3v) is 3.92. The lowest BCUT2D eigenvalue weighted by molar-refractivity contribution is 0.0694. The smallest absolute Gasteiger partial charge is 0.339 e. The number of carbonyl (C=O) groups is 1. The molecule has 0 aliphatic carbocycles. The van der Waals surface area contributed by atoms with Gasteiger partial charge in [-0.25, -0.2) is 4.79 Å². The monoisotopic (exact) mass is 425 g/mol. The molecular weight excluding hydrogens is 421 g/mol. The van der Waals surface area contributed by atoms with Crippen LogP contribution in [0, 0.1) is 3.57 Å². The molecule has 0 radical (unpaired) electrons. The van der Waals surface area contributed by atoms with E-state index >= 15 is 0 Å². The molecule has 7 heteroatoms. The lowest BCUT2D eigenvalue weighted by atomic mass is 10.2. The molecule has 2 rings (SSSR count). The summed E-state index contributed by atoms with van der Waals surface area (Å²) in [5.41, 5.74) is 0.128. The minimum atomic E-state index is -1.02.